The number of hydrogen-bond donors (Lipinski definition) is 2. The Balaban J connectivity index is 2.08. The first-order valence-corrected chi connectivity index (χ1v) is 7.85. The van der Waals surface area contributed by atoms with Gasteiger partial charge in [-0.05, 0) is 18.9 Å². The predicted octanol–water partition coefficient (Wildman–Crippen LogP) is 1.27. The van der Waals surface area contributed by atoms with E-state index < -0.39 is 21.9 Å². The van der Waals surface area contributed by atoms with Crippen molar-refractivity contribution >= 4 is 10.9 Å². The molecule has 1 unspecified atom stereocenters. The number of allylic oxidation sites excluding steroid dienone is 2. The standard InChI is InChI=1S/C12H18N2O5S/c15-14(16)9-6-7-11(13-20(17)18)12(8-9)19-10-4-2-1-3-5-10/h6-7,10,12,20H,1-5,8H2,(H,13,17,18). The minimum absolute atomic E-state index is 0.0393. The minimum atomic E-state index is -2.80. The van der Waals surface area contributed by atoms with Gasteiger partial charge in [-0.2, -0.15) is 0 Å². The van der Waals surface area contributed by atoms with Gasteiger partial charge in [0, 0.05) is 6.08 Å². The van der Waals surface area contributed by atoms with E-state index in [1.165, 1.54) is 18.6 Å². The summed E-state index contributed by atoms with van der Waals surface area (Å²) in [5.41, 5.74) is 0.412. The third-order valence-corrected chi connectivity index (χ3v) is 4.00. The maximum Gasteiger partial charge on any atom is 0.249 e. The Kier molecular flexibility index (Phi) is 5.13. The van der Waals surface area contributed by atoms with Gasteiger partial charge in [0.2, 0.25) is 16.6 Å². The molecular weight excluding hydrogens is 284 g/mol. The Morgan fingerprint density at radius 2 is 1.95 bits per heavy atom. The first-order chi connectivity index (χ1) is 9.56. The zero-order chi connectivity index (χ0) is 14.5. The molecule has 2 aliphatic rings. The van der Waals surface area contributed by atoms with E-state index >= 15 is 0 Å². The van der Waals surface area contributed by atoms with Gasteiger partial charge in [-0.15, -0.1) is 0 Å². The smallest absolute Gasteiger partial charge is 0.249 e. The van der Waals surface area contributed by atoms with E-state index in [4.69, 9.17) is 4.74 Å². The van der Waals surface area contributed by atoms with Gasteiger partial charge in [0.15, 0.2) is 0 Å². The second kappa shape index (κ2) is 6.85. The monoisotopic (exact) mass is 302 g/mol. The molecule has 0 spiro atoms. The average molecular weight is 302 g/mol. The molecular formula is C12H18N2O5S. The molecule has 0 amide bonds. The highest BCUT2D eigenvalue weighted by Crippen LogP contribution is 2.27. The molecule has 0 aromatic carbocycles. The van der Waals surface area contributed by atoms with Gasteiger partial charge in [-0.3, -0.25) is 14.8 Å². The van der Waals surface area contributed by atoms with Gasteiger partial charge in [0.05, 0.1) is 23.1 Å². The molecule has 1 fully saturated rings. The van der Waals surface area contributed by atoms with Gasteiger partial charge in [0.25, 0.3) is 0 Å². The summed E-state index contributed by atoms with van der Waals surface area (Å²) in [4.78, 5) is 10.4. The molecule has 2 aliphatic carbocycles. The van der Waals surface area contributed by atoms with Crippen molar-refractivity contribution in [1.82, 2.24) is 4.72 Å². The topological polar surface area (TPSA) is 98.5 Å². The highest BCUT2D eigenvalue weighted by molar-refractivity contribution is 7.70. The number of nitro groups is 1. The van der Waals surface area contributed by atoms with Crippen LogP contribution in [0.1, 0.15) is 38.5 Å². The molecule has 1 atom stereocenters. The molecule has 8 heteroatoms. The summed E-state index contributed by atoms with van der Waals surface area (Å²) in [5, 5.41) is 10.8. The third kappa shape index (κ3) is 4.04. The normalized spacial score (nSPS) is 24.1. The lowest BCUT2D eigenvalue weighted by molar-refractivity contribution is -0.429. The number of nitrogens with zero attached hydrogens (tertiary/aromatic N) is 1. The third-order valence-electron chi connectivity index (χ3n) is 3.56. The van der Waals surface area contributed by atoms with Gasteiger partial charge < -0.3 is 4.74 Å². The maximum atomic E-state index is 10.8. The van der Waals surface area contributed by atoms with Crippen LogP contribution in [-0.2, 0) is 15.6 Å². The van der Waals surface area contributed by atoms with Crippen LogP contribution in [0.25, 0.3) is 0 Å². The van der Waals surface area contributed by atoms with Crippen LogP contribution < -0.4 is 4.72 Å². The lowest BCUT2D eigenvalue weighted by Gasteiger charge is -2.29. The summed E-state index contributed by atoms with van der Waals surface area (Å²) >= 11 is 0. The van der Waals surface area contributed by atoms with Crippen molar-refractivity contribution in [1.29, 1.82) is 0 Å². The molecule has 20 heavy (non-hydrogen) atoms. The quantitative estimate of drug-likeness (QED) is 0.452. The Labute approximate surface area is 118 Å². The molecule has 0 radical (unpaired) electrons. The Morgan fingerprint density at radius 1 is 1.25 bits per heavy atom. The molecule has 0 bridgehead atoms. The van der Waals surface area contributed by atoms with E-state index in [9.17, 15) is 18.5 Å². The SMILES string of the molecule is O=[N+]([O-])C1=CC=C(N[SH](=O)=O)C(OC2CCCCC2)C1. The van der Waals surface area contributed by atoms with E-state index in [0.717, 1.165) is 25.7 Å². The molecule has 112 valence electrons. The summed E-state index contributed by atoms with van der Waals surface area (Å²) in [6, 6.07) is 0. The van der Waals surface area contributed by atoms with Crippen molar-refractivity contribution in [3.63, 3.8) is 0 Å². The van der Waals surface area contributed by atoms with E-state index in [1.54, 1.807) is 0 Å². The Morgan fingerprint density at radius 3 is 2.55 bits per heavy atom. The molecule has 0 saturated heterocycles. The summed E-state index contributed by atoms with van der Waals surface area (Å²) in [6.07, 6.45) is 7.47. The Hall–Kier alpha value is -1.41. The second-order valence-electron chi connectivity index (χ2n) is 4.99. The van der Waals surface area contributed by atoms with Crippen molar-refractivity contribution in [2.75, 3.05) is 0 Å². The summed E-state index contributed by atoms with van der Waals surface area (Å²) in [6.45, 7) is 0. The fourth-order valence-corrected chi connectivity index (χ4v) is 3.00. The molecule has 0 aromatic rings. The molecule has 0 aliphatic heterocycles. The Bertz CT molecular complexity index is 498. The van der Waals surface area contributed by atoms with E-state index in [1.807, 2.05) is 0 Å². The number of rotatable bonds is 5. The number of thiol groups is 1. The van der Waals surface area contributed by atoms with Crippen molar-refractivity contribution in [2.45, 2.75) is 50.7 Å². The molecule has 1 saturated carbocycles. The zero-order valence-electron chi connectivity index (χ0n) is 11.0. The molecule has 7 nitrogen and oxygen atoms in total. The van der Waals surface area contributed by atoms with Crippen LogP contribution in [0.2, 0.25) is 0 Å². The van der Waals surface area contributed by atoms with E-state index in [-0.39, 0.29) is 18.2 Å². The fourth-order valence-electron chi connectivity index (χ4n) is 2.57. The number of ether oxygens (including phenoxy) is 1. The highest BCUT2D eigenvalue weighted by atomic mass is 32.2. The molecule has 0 aromatic heterocycles. The van der Waals surface area contributed by atoms with Crippen molar-refractivity contribution in [2.24, 2.45) is 0 Å². The van der Waals surface area contributed by atoms with Crippen LogP contribution >= 0.6 is 0 Å². The van der Waals surface area contributed by atoms with Crippen molar-refractivity contribution in [3.05, 3.63) is 33.7 Å². The predicted molar refractivity (Wildman–Crippen MR) is 73.0 cm³/mol. The lowest BCUT2D eigenvalue weighted by atomic mass is 9.97. The molecule has 2 rings (SSSR count). The summed E-state index contributed by atoms with van der Waals surface area (Å²) in [5.74, 6) is 0. The number of hydrogen-bond acceptors (Lipinski definition) is 5. The van der Waals surface area contributed by atoms with Crippen molar-refractivity contribution in [3.8, 4) is 0 Å². The maximum absolute atomic E-state index is 10.8. The first kappa shape index (κ1) is 15.0. The van der Waals surface area contributed by atoms with Crippen LogP contribution in [0.15, 0.2) is 23.5 Å². The zero-order valence-corrected chi connectivity index (χ0v) is 11.9. The van der Waals surface area contributed by atoms with Gasteiger partial charge >= 0.3 is 0 Å². The van der Waals surface area contributed by atoms with Crippen LogP contribution in [0.5, 0.6) is 0 Å². The summed E-state index contributed by atoms with van der Waals surface area (Å²) in [7, 11) is -2.80. The van der Waals surface area contributed by atoms with Crippen molar-refractivity contribution < 1.29 is 18.1 Å². The van der Waals surface area contributed by atoms with Gasteiger partial charge in [0.1, 0.15) is 6.10 Å². The van der Waals surface area contributed by atoms with E-state index in [0.29, 0.717) is 5.70 Å². The van der Waals surface area contributed by atoms with Crippen LogP contribution in [0, 0.1) is 10.1 Å². The van der Waals surface area contributed by atoms with Crippen LogP contribution in [0.4, 0.5) is 0 Å². The summed E-state index contributed by atoms with van der Waals surface area (Å²) < 4.78 is 29.8. The minimum Gasteiger partial charge on any atom is -0.368 e. The first-order valence-electron chi connectivity index (χ1n) is 6.68. The highest BCUT2D eigenvalue weighted by Gasteiger charge is 2.29. The van der Waals surface area contributed by atoms with Crippen LogP contribution in [-0.4, -0.2) is 25.5 Å². The fraction of sp³-hybridized carbons (Fsp3) is 0.667. The van der Waals surface area contributed by atoms with Gasteiger partial charge in [-0.25, -0.2) is 8.42 Å². The number of nitrogens with one attached hydrogen (secondary N) is 1. The lowest BCUT2D eigenvalue weighted by Crippen LogP contribution is -2.33. The van der Waals surface area contributed by atoms with Crippen LogP contribution in [0.3, 0.4) is 0 Å². The average Bonchev–Trinajstić information content (AvgIpc) is 2.41. The molecule has 1 N–H and O–H groups in total. The largest absolute Gasteiger partial charge is 0.368 e. The van der Waals surface area contributed by atoms with Gasteiger partial charge in [-0.1, -0.05) is 19.3 Å². The molecule has 0 heterocycles. The van der Waals surface area contributed by atoms with E-state index in [2.05, 4.69) is 4.72 Å². The second-order valence-corrected chi connectivity index (χ2v) is 5.73.